The third-order valence-electron chi connectivity index (χ3n) is 3.77. The number of fused-ring (bicyclic) bond motifs is 2. The second-order valence-electron chi connectivity index (χ2n) is 4.76. The maximum Gasteiger partial charge on any atom is 0.238 e. The van der Waals surface area contributed by atoms with Crippen LogP contribution >= 0.6 is 0 Å². The maximum absolute atomic E-state index is 12.3. The fraction of sp³-hybridized carbons (Fsp3) is 0.417. The van der Waals surface area contributed by atoms with Crippen molar-refractivity contribution in [1.29, 1.82) is 0 Å². The zero-order valence-electron chi connectivity index (χ0n) is 9.31. The third-order valence-corrected chi connectivity index (χ3v) is 3.77. The number of carbonyl (C=O) groups is 1. The minimum Gasteiger partial charge on any atom is -0.368 e. The zero-order chi connectivity index (χ0) is 11.3. The van der Waals surface area contributed by atoms with Gasteiger partial charge in [0.25, 0.3) is 0 Å². The van der Waals surface area contributed by atoms with E-state index in [4.69, 9.17) is 7.98 Å². The zero-order valence-corrected chi connectivity index (χ0v) is 9.31. The third kappa shape index (κ3) is 1.05. The largest absolute Gasteiger partial charge is 0.368 e. The van der Waals surface area contributed by atoms with Gasteiger partial charge in [0, 0.05) is 12.2 Å². The molecule has 1 aromatic carbocycles. The molecule has 3 nitrogen and oxygen atoms in total. The van der Waals surface area contributed by atoms with Crippen molar-refractivity contribution in [2.75, 3.05) is 24.9 Å². The normalized spacial score (nSPS) is 29.1. The van der Waals surface area contributed by atoms with Gasteiger partial charge in [0.15, 0.2) is 0 Å². The van der Waals surface area contributed by atoms with Crippen LogP contribution in [-0.4, -0.2) is 38.9 Å². The van der Waals surface area contributed by atoms with Gasteiger partial charge in [0.05, 0.1) is 5.41 Å². The Bertz CT molecular complexity index is 462. The fourth-order valence-electron chi connectivity index (χ4n) is 2.94. The maximum atomic E-state index is 12.3. The fourth-order valence-corrected chi connectivity index (χ4v) is 2.94. The lowest BCUT2D eigenvalue weighted by Gasteiger charge is -2.22. The molecule has 4 heteroatoms. The molecule has 1 spiro atoms. The molecule has 3 rings (SSSR count). The number of para-hydroxylation sites is 1. The van der Waals surface area contributed by atoms with Gasteiger partial charge in [-0.25, -0.2) is 0 Å². The average Bonchev–Trinajstić information content (AvgIpc) is 2.78. The Kier molecular flexibility index (Phi) is 1.92. The standard InChI is InChI=1S/C12H13BN2O/c1-14-7-6-12(8-14)9-4-2-3-5-10(9)15(13)11(12)16/h2-5H,6-8H2,1H3. The summed E-state index contributed by atoms with van der Waals surface area (Å²) in [5.74, 6) is 0.0399. The van der Waals surface area contributed by atoms with Crippen molar-refractivity contribution < 1.29 is 4.79 Å². The first-order valence-corrected chi connectivity index (χ1v) is 5.52. The summed E-state index contributed by atoms with van der Waals surface area (Å²) in [5, 5.41) is 0. The van der Waals surface area contributed by atoms with Crippen molar-refractivity contribution in [1.82, 2.24) is 4.90 Å². The van der Waals surface area contributed by atoms with E-state index in [2.05, 4.69) is 4.90 Å². The highest BCUT2D eigenvalue weighted by Gasteiger charge is 2.51. The quantitative estimate of drug-likeness (QED) is 0.590. The van der Waals surface area contributed by atoms with Crippen molar-refractivity contribution in [2.24, 2.45) is 0 Å². The molecule has 16 heavy (non-hydrogen) atoms. The number of likely N-dealkylation sites (N-methyl/N-ethyl adjacent to an activating group) is 1. The summed E-state index contributed by atoms with van der Waals surface area (Å²) < 4.78 is 0. The Labute approximate surface area is 96.5 Å². The van der Waals surface area contributed by atoms with E-state index in [0.29, 0.717) is 0 Å². The van der Waals surface area contributed by atoms with Crippen molar-refractivity contribution >= 4 is 19.6 Å². The number of nitrogens with zero attached hydrogens (tertiary/aromatic N) is 2. The molecule has 1 saturated heterocycles. The predicted molar refractivity (Wildman–Crippen MR) is 63.5 cm³/mol. The van der Waals surface area contributed by atoms with Crippen LogP contribution in [0.15, 0.2) is 24.3 Å². The van der Waals surface area contributed by atoms with E-state index >= 15 is 0 Å². The summed E-state index contributed by atoms with van der Waals surface area (Å²) >= 11 is 0. The van der Waals surface area contributed by atoms with Gasteiger partial charge in [-0.05, 0) is 31.6 Å². The SMILES string of the molecule is [B]N1C(=O)C2(CCN(C)C2)c2ccccc21. The summed E-state index contributed by atoms with van der Waals surface area (Å²) in [6, 6.07) is 7.84. The topological polar surface area (TPSA) is 23.6 Å². The summed E-state index contributed by atoms with van der Waals surface area (Å²) in [7, 11) is 7.90. The van der Waals surface area contributed by atoms with Crippen LogP contribution in [0.3, 0.4) is 0 Å². The molecule has 0 aromatic heterocycles. The van der Waals surface area contributed by atoms with Crippen molar-refractivity contribution in [3.8, 4) is 0 Å². The van der Waals surface area contributed by atoms with E-state index in [0.717, 1.165) is 30.8 Å². The first-order chi connectivity index (χ1) is 7.65. The first-order valence-electron chi connectivity index (χ1n) is 5.52. The van der Waals surface area contributed by atoms with Gasteiger partial charge in [-0.1, -0.05) is 18.2 Å². The molecule has 80 valence electrons. The van der Waals surface area contributed by atoms with Gasteiger partial charge < -0.3 is 9.71 Å². The van der Waals surface area contributed by atoms with Crippen LogP contribution in [-0.2, 0) is 10.2 Å². The van der Waals surface area contributed by atoms with Gasteiger partial charge in [-0.15, -0.1) is 0 Å². The van der Waals surface area contributed by atoms with E-state index in [1.165, 1.54) is 4.81 Å². The van der Waals surface area contributed by atoms with Gasteiger partial charge in [0.2, 0.25) is 13.9 Å². The van der Waals surface area contributed by atoms with Crippen LogP contribution in [0.1, 0.15) is 12.0 Å². The van der Waals surface area contributed by atoms with Crippen LogP contribution in [0.5, 0.6) is 0 Å². The molecule has 0 saturated carbocycles. The van der Waals surface area contributed by atoms with E-state index < -0.39 is 0 Å². The number of amides is 1. The van der Waals surface area contributed by atoms with Gasteiger partial charge in [-0.2, -0.15) is 0 Å². The number of benzene rings is 1. The monoisotopic (exact) mass is 212 g/mol. The lowest BCUT2D eigenvalue weighted by molar-refractivity contribution is -0.121. The molecule has 1 atom stereocenters. The van der Waals surface area contributed by atoms with Crippen molar-refractivity contribution in [3.05, 3.63) is 29.8 Å². The number of carbonyl (C=O) groups excluding carboxylic acids is 1. The molecule has 1 amide bonds. The second-order valence-corrected chi connectivity index (χ2v) is 4.76. The van der Waals surface area contributed by atoms with E-state index in [9.17, 15) is 4.79 Å². The predicted octanol–water partition coefficient (Wildman–Crippen LogP) is 0.690. The molecule has 0 bridgehead atoms. The lowest BCUT2D eigenvalue weighted by Crippen LogP contribution is -2.41. The highest BCUT2D eigenvalue weighted by atomic mass is 16.2. The number of likely N-dealkylation sites (tertiary alicyclic amines) is 1. The number of hydrogen-bond donors (Lipinski definition) is 0. The minimum absolute atomic E-state index is 0.0399. The summed E-state index contributed by atoms with van der Waals surface area (Å²) in [4.78, 5) is 15.8. The molecule has 1 fully saturated rings. The first kappa shape index (κ1) is 9.91. The van der Waals surface area contributed by atoms with Crippen LogP contribution in [0.25, 0.3) is 0 Å². The minimum atomic E-state index is -0.389. The van der Waals surface area contributed by atoms with Crippen molar-refractivity contribution in [3.63, 3.8) is 0 Å². The Balaban J connectivity index is 2.17. The molecular weight excluding hydrogens is 199 g/mol. The molecule has 2 aliphatic rings. The Morgan fingerprint density at radius 3 is 2.81 bits per heavy atom. The smallest absolute Gasteiger partial charge is 0.238 e. The van der Waals surface area contributed by atoms with Gasteiger partial charge >= 0.3 is 0 Å². The second kappa shape index (κ2) is 3.11. The summed E-state index contributed by atoms with van der Waals surface area (Å²) in [6.45, 7) is 1.73. The average molecular weight is 212 g/mol. The molecule has 2 radical (unpaired) electrons. The number of hydrogen-bond acceptors (Lipinski definition) is 2. The van der Waals surface area contributed by atoms with Crippen LogP contribution in [0.2, 0.25) is 0 Å². The molecule has 1 aromatic rings. The Morgan fingerprint density at radius 1 is 1.38 bits per heavy atom. The van der Waals surface area contributed by atoms with Crippen molar-refractivity contribution in [2.45, 2.75) is 11.8 Å². The van der Waals surface area contributed by atoms with Crippen LogP contribution in [0.4, 0.5) is 5.69 Å². The number of anilines is 1. The van der Waals surface area contributed by atoms with E-state index in [1.54, 1.807) is 0 Å². The van der Waals surface area contributed by atoms with Gasteiger partial charge in [0.1, 0.15) is 0 Å². The molecule has 0 aliphatic carbocycles. The van der Waals surface area contributed by atoms with Crippen LogP contribution < -0.4 is 4.81 Å². The Hall–Kier alpha value is -1.29. The van der Waals surface area contributed by atoms with Crippen LogP contribution in [0, 0.1) is 0 Å². The summed E-state index contributed by atoms with van der Waals surface area (Å²) in [5.41, 5.74) is 1.56. The lowest BCUT2D eigenvalue weighted by atomic mass is 9.81. The molecule has 2 heterocycles. The highest BCUT2D eigenvalue weighted by molar-refractivity contribution is 6.35. The van der Waals surface area contributed by atoms with E-state index in [-0.39, 0.29) is 11.3 Å². The molecule has 1 unspecified atom stereocenters. The molecule has 2 aliphatic heterocycles. The highest BCUT2D eigenvalue weighted by Crippen LogP contribution is 2.45. The van der Waals surface area contributed by atoms with E-state index in [1.807, 2.05) is 31.3 Å². The molecular formula is C12H13BN2O. The summed E-state index contributed by atoms with van der Waals surface area (Å²) in [6.07, 6.45) is 0.868. The van der Waals surface area contributed by atoms with Gasteiger partial charge in [-0.3, -0.25) is 4.79 Å². The molecule has 0 N–H and O–H groups in total. The number of rotatable bonds is 0. The Morgan fingerprint density at radius 2 is 2.12 bits per heavy atom.